The van der Waals surface area contributed by atoms with Crippen LogP contribution in [-0.2, 0) is 9.53 Å². The third-order valence-electron chi connectivity index (χ3n) is 5.25. The van der Waals surface area contributed by atoms with Crippen LogP contribution in [0, 0.1) is 11.3 Å². The van der Waals surface area contributed by atoms with Gasteiger partial charge in [-0.1, -0.05) is 20.8 Å². The van der Waals surface area contributed by atoms with E-state index in [0.717, 1.165) is 32.2 Å². The van der Waals surface area contributed by atoms with Crippen LogP contribution in [0.3, 0.4) is 0 Å². The predicted octanol–water partition coefficient (Wildman–Crippen LogP) is 2.56. The molecule has 1 aliphatic carbocycles. The van der Waals surface area contributed by atoms with Crippen molar-refractivity contribution >= 4 is 5.91 Å². The van der Waals surface area contributed by atoms with Crippen molar-refractivity contribution in [2.75, 3.05) is 19.7 Å². The molecule has 1 aliphatic heterocycles. The molecule has 2 rings (SSSR count). The van der Waals surface area contributed by atoms with Gasteiger partial charge in [-0.3, -0.25) is 4.79 Å². The van der Waals surface area contributed by atoms with E-state index >= 15 is 0 Å². The molecule has 0 spiro atoms. The van der Waals surface area contributed by atoms with Crippen molar-refractivity contribution in [1.29, 1.82) is 0 Å². The number of nitrogens with two attached hydrogens (primary N) is 1. The molecule has 0 aromatic rings. The van der Waals surface area contributed by atoms with Gasteiger partial charge in [-0.2, -0.15) is 0 Å². The summed E-state index contributed by atoms with van der Waals surface area (Å²) in [6.07, 6.45) is 6.33. The van der Waals surface area contributed by atoms with Crippen LogP contribution in [0.4, 0.5) is 0 Å². The second-order valence-electron chi connectivity index (χ2n) is 7.67. The number of carbonyl (C=O) groups excluding carboxylic acids is 1. The zero-order valence-electron chi connectivity index (χ0n) is 13.9. The van der Waals surface area contributed by atoms with Crippen LogP contribution in [0.5, 0.6) is 0 Å². The van der Waals surface area contributed by atoms with E-state index in [0.29, 0.717) is 43.5 Å². The van der Waals surface area contributed by atoms with Crippen LogP contribution < -0.4 is 5.73 Å². The number of hydrogen-bond donors (Lipinski definition) is 1. The van der Waals surface area contributed by atoms with Gasteiger partial charge in [0.2, 0.25) is 5.91 Å². The molecule has 0 radical (unpaired) electrons. The van der Waals surface area contributed by atoms with Crippen LogP contribution >= 0.6 is 0 Å². The Labute approximate surface area is 129 Å². The average molecular weight is 296 g/mol. The molecule has 0 bridgehead atoms. The number of ether oxygens (including phenoxy) is 1. The van der Waals surface area contributed by atoms with Crippen molar-refractivity contribution in [2.24, 2.45) is 17.1 Å². The molecule has 1 saturated carbocycles. The second-order valence-corrected chi connectivity index (χ2v) is 7.67. The molecular formula is C17H32N2O2. The SMILES string of the molecule is CC(C)(C)C(CCN)CCC(=O)N1CCOC2CCCC21. The van der Waals surface area contributed by atoms with E-state index in [1.54, 1.807) is 0 Å². The van der Waals surface area contributed by atoms with E-state index in [1.165, 1.54) is 6.42 Å². The lowest BCUT2D eigenvalue weighted by atomic mass is 9.76. The molecule has 1 heterocycles. The number of morpholine rings is 1. The minimum Gasteiger partial charge on any atom is -0.374 e. The van der Waals surface area contributed by atoms with Crippen molar-refractivity contribution in [2.45, 2.75) is 71.4 Å². The van der Waals surface area contributed by atoms with Crippen molar-refractivity contribution in [1.82, 2.24) is 4.90 Å². The fraction of sp³-hybridized carbons (Fsp3) is 0.941. The van der Waals surface area contributed by atoms with Gasteiger partial charge < -0.3 is 15.4 Å². The van der Waals surface area contributed by atoms with Crippen molar-refractivity contribution in [3.8, 4) is 0 Å². The lowest BCUT2D eigenvalue weighted by Crippen LogP contribution is -2.51. The number of nitrogens with zero attached hydrogens (tertiary/aromatic N) is 1. The minimum atomic E-state index is 0.223. The normalized spacial score (nSPS) is 27.5. The fourth-order valence-corrected chi connectivity index (χ4v) is 3.89. The summed E-state index contributed by atoms with van der Waals surface area (Å²) in [5.41, 5.74) is 5.96. The highest BCUT2D eigenvalue weighted by molar-refractivity contribution is 5.76. The Morgan fingerprint density at radius 1 is 1.33 bits per heavy atom. The maximum absolute atomic E-state index is 12.6. The van der Waals surface area contributed by atoms with Gasteiger partial charge in [-0.25, -0.2) is 0 Å². The quantitative estimate of drug-likeness (QED) is 0.848. The monoisotopic (exact) mass is 296 g/mol. The standard InChI is InChI=1S/C17H32N2O2/c1-17(2,3)13(9-10-18)7-8-16(20)19-11-12-21-15-6-4-5-14(15)19/h13-15H,4-12,18H2,1-3H3. The zero-order valence-corrected chi connectivity index (χ0v) is 13.9. The lowest BCUT2D eigenvalue weighted by molar-refractivity contribution is -0.144. The van der Waals surface area contributed by atoms with E-state index in [4.69, 9.17) is 10.5 Å². The molecule has 3 unspecified atom stereocenters. The van der Waals surface area contributed by atoms with E-state index in [-0.39, 0.29) is 5.41 Å². The van der Waals surface area contributed by atoms with Crippen molar-refractivity contribution < 1.29 is 9.53 Å². The van der Waals surface area contributed by atoms with Gasteiger partial charge in [-0.15, -0.1) is 0 Å². The molecule has 2 aliphatic rings. The minimum absolute atomic E-state index is 0.223. The third-order valence-corrected chi connectivity index (χ3v) is 5.25. The molecular weight excluding hydrogens is 264 g/mol. The van der Waals surface area contributed by atoms with Gasteiger partial charge in [0.25, 0.3) is 0 Å². The maximum atomic E-state index is 12.6. The zero-order chi connectivity index (χ0) is 15.5. The molecule has 0 aromatic carbocycles. The van der Waals surface area contributed by atoms with Gasteiger partial charge in [0.15, 0.2) is 0 Å². The summed E-state index contributed by atoms with van der Waals surface area (Å²) in [7, 11) is 0. The van der Waals surface area contributed by atoms with Crippen molar-refractivity contribution in [3.63, 3.8) is 0 Å². The molecule has 4 nitrogen and oxygen atoms in total. The first-order chi connectivity index (χ1) is 9.93. The number of hydrogen-bond acceptors (Lipinski definition) is 3. The largest absolute Gasteiger partial charge is 0.374 e. The Morgan fingerprint density at radius 3 is 2.76 bits per heavy atom. The van der Waals surface area contributed by atoms with Crippen LogP contribution in [0.15, 0.2) is 0 Å². The summed E-state index contributed by atoms with van der Waals surface area (Å²) < 4.78 is 5.79. The van der Waals surface area contributed by atoms with Crippen LogP contribution in [0.2, 0.25) is 0 Å². The summed E-state index contributed by atoms with van der Waals surface area (Å²) >= 11 is 0. The number of amides is 1. The Morgan fingerprint density at radius 2 is 2.10 bits per heavy atom. The third kappa shape index (κ3) is 4.19. The first-order valence-electron chi connectivity index (χ1n) is 8.54. The molecule has 21 heavy (non-hydrogen) atoms. The Kier molecular flexibility index (Phi) is 5.67. The van der Waals surface area contributed by atoms with Gasteiger partial charge in [0.05, 0.1) is 18.8 Å². The summed E-state index contributed by atoms with van der Waals surface area (Å²) in [4.78, 5) is 14.7. The van der Waals surface area contributed by atoms with E-state index in [1.807, 2.05) is 0 Å². The molecule has 3 atom stereocenters. The predicted molar refractivity (Wildman–Crippen MR) is 84.9 cm³/mol. The van der Waals surface area contributed by atoms with Crippen molar-refractivity contribution in [3.05, 3.63) is 0 Å². The number of rotatable bonds is 5. The average Bonchev–Trinajstić information content (AvgIpc) is 2.89. The van der Waals surface area contributed by atoms with E-state index < -0.39 is 0 Å². The molecule has 2 N–H and O–H groups in total. The molecule has 0 aromatic heterocycles. The fourth-order valence-electron chi connectivity index (χ4n) is 3.89. The van der Waals surface area contributed by atoms with Gasteiger partial charge in [0.1, 0.15) is 0 Å². The Balaban J connectivity index is 1.88. The molecule has 1 saturated heterocycles. The topological polar surface area (TPSA) is 55.6 Å². The van der Waals surface area contributed by atoms with Gasteiger partial charge >= 0.3 is 0 Å². The molecule has 1 amide bonds. The van der Waals surface area contributed by atoms with Crippen LogP contribution in [0.1, 0.15) is 59.3 Å². The highest BCUT2D eigenvalue weighted by Crippen LogP contribution is 2.34. The summed E-state index contributed by atoms with van der Waals surface area (Å²) in [6.45, 7) is 8.94. The van der Waals surface area contributed by atoms with E-state index in [2.05, 4.69) is 25.7 Å². The molecule has 122 valence electrons. The maximum Gasteiger partial charge on any atom is 0.222 e. The summed E-state index contributed by atoms with van der Waals surface area (Å²) in [6, 6.07) is 0.342. The lowest BCUT2D eigenvalue weighted by Gasteiger charge is -2.38. The Hall–Kier alpha value is -0.610. The number of carbonyl (C=O) groups is 1. The van der Waals surface area contributed by atoms with Crippen LogP contribution in [-0.4, -0.2) is 42.6 Å². The Bertz CT molecular complexity index is 351. The van der Waals surface area contributed by atoms with E-state index in [9.17, 15) is 4.79 Å². The smallest absolute Gasteiger partial charge is 0.222 e. The highest BCUT2D eigenvalue weighted by Gasteiger charge is 2.38. The summed E-state index contributed by atoms with van der Waals surface area (Å²) in [5, 5.41) is 0. The highest BCUT2D eigenvalue weighted by atomic mass is 16.5. The first kappa shape index (κ1) is 16.8. The first-order valence-corrected chi connectivity index (χ1v) is 8.54. The van der Waals surface area contributed by atoms with Crippen LogP contribution in [0.25, 0.3) is 0 Å². The summed E-state index contributed by atoms with van der Waals surface area (Å²) in [5.74, 6) is 0.841. The van der Waals surface area contributed by atoms with Gasteiger partial charge in [0, 0.05) is 13.0 Å². The number of fused-ring (bicyclic) bond motifs is 1. The van der Waals surface area contributed by atoms with Gasteiger partial charge in [-0.05, 0) is 50.0 Å². The molecule has 4 heteroatoms. The molecule has 2 fully saturated rings. The second kappa shape index (κ2) is 7.10.